The Morgan fingerprint density at radius 3 is 2.65 bits per heavy atom. The van der Waals surface area contributed by atoms with Crippen LogP contribution in [0.3, 0.4) is 0 Å². The highest BCUT2D eigenvalue weighted by Crippen LogP contribution is 2.31. The Hall–Kier alpha value is -2.96. The molecular formula is C19H20FN3O3. The molecule has 2 aliphatic rings. The lowest BCUT2D eigenvalue weighted by molar-refractivity contribution is -0.126. The van der Waals surface area contributed by atoms with Crippen molar-refractivity contribution in [3.05, 3.63) is 54.1 Å². The molecule has 3 rings (SSSR count). The lowest BCUT2D eigenvalue weighted by Gasteiger charge is -2.24. The smallest absolute Gasteiger partial charge is 0.322 e. The molecule has 1 saturated heterocycles. The maximum absolute atomic E-state index is 14.8. The first-order valence-electron chi connectivity index (χ1n) is 8.47. The van der Waals surface area contributed by atoms with Gasteiger partial charge in [0, 0.05) is 19.4 Å². The van der Waals surface area contributed by atoms with Crippen LogP contribution in [0.15, 0.2) is 48.6 Å². The number of hydrogen-bond acceptors (Lipinski definition) is 3. The van der Waals surface area contributed by atoms with Gasteiger partial charge in [0.05, 0.1) is 6.42 Å². The number of imide groups is 1. The number of benzene rings is 1. The number of hydrogen-bond donors (Lipinski definition) is 3. The summed E-state index contributed by atoms with van der Waals surface area (Å²) in [4.78, 5) is 34.2. The lowest BCUT2D eigenvalue weighted by atomic mass is 9.88. The molecule has 0 bridgehead atoms. The zero-order valence-corrected chi connectivity index (χ0v) is 14.1. The van der Waals surface area contributed by atoms with E-state index in [1.165, 1.54) is 6.08 Å². The van der Waals surface area contributed by atoms with E-state index in [0.29, 0.717) is 0 Å². The first-order valence-corrected chi connectivity index (χ1v) is 8.47. The van der Waals surface area contributed by atoms with Crippen LogP contribution in [-0.4, -0.2) is 36.1 Å². The first kappa shape index (κ1) is 17.8. The molecule has 3 N–H and O–H groups in total. The lowest BCUT2D eigenvalue weighted by Crippen LogP contribution is -2.37. The summed E-state index contributed by atoms with van der Waals surface area (Å²) in [6.07, 6.45) is 5.37. The van der Waals surface area contributed by atoms with Crippen LogP contribution in [0.1, 0.15) is 24.8 Å². The van der Waals surface area contributed by atoms with Crippen LogP contribution in [0, 0.1) is 0 Å². The van der Waals surface area contributed by atoms with Gasteiger partial charge >= 0.3 is 6.03 Å². The Bertz CT molecular complexity index is 775. The van der Waals surface area contributed by atoms with Crippen molar-refractivity contribution in [1.82, 2.24) is 16.0 Å². The molecule has 2 atom stereocenters. The summed E-state index contributed by atoms with van der Waals surface area (Å²) in [5.74, 6) is -0.933. The summed E-state index contributed by atoms with van der Waals surface area (Å²) in [5.41, 5.74) is 0.506. The molecule has 6 nitrogen and oxygen atoms in total. The van der Waals surface area contributed by atoms with E-state index in [1.54, 1.807) is 6.08 Å². The Labute approximate surface area is 150 Å². The molecule has 1 aliphatic carbocycles. The summed E-state index contributed by atoms with van der Waals surface area (Å²) in [6.45, 7) is 0.149. The number of carbonyl (C=O) groups excluding carboxylic acids is 3. The number of rotatable bonds is 6. The highest BCUT2D eigenvalue weighted by molar-refractivity contribution is 6.05. The predicted octanol–water partition coefficient (Wildman–Crippen LogP) is 1.84. The Kier molecular flexibility index (Phi) is 5.16. The summed E-state index contributed by atoms with van der Waals surface area (Å²) in [5, 5.41) is 7.00. The fourth-order valence-electron chi connectivity index (χ4n) is 2.95. The Balaban J connectivity index is 1.44. The maximum Gasteiger partial charge on any atom is 0.322 e. The largest absolute Gasteiger partial charge is 0.356 e. The number of nitrogens with one attached hydrogen (secondary N) is 3. The molecule has 1 aliphatic heterocycles. The van der Waals surface area contributed by atoms with Gasteiger partial charge < -0.3 is 10.6 Å². The molecule has 1 aromatic carbocycles. The minimum absolute atomic E-state index is 0.136. The number of carbonyl (C=O) groups is 3. The molecule has 26 heavy (non-hydrogen) atoms. The van der Waals surface area contributed by atoms with E-state index in [0.717, 1.165) is 11.1 Å². The van der Waals surface area contributed by atoms with Crippen LogP contribution >= 0.6 is 0 Å². The molecule has 0 radical (unpaired) electrons. The number of alkyl halides is 1. The minimum Gasteiger partial charge on any atom is -0.356 e. The molecule has 0 aromatic heterocycles. The van der Waals surface area contributed by atoms with Gasteiger partial charge in [0.25, 0.3) is 5.91 Å². The van der Waals surface area contributed by atoms with E-state index >= 15 is 0 Å². The van der Waals surface area contributed by atoms with E-state index in [1.807, 2.05) is 36.4 Å². The van der Waals surface area contributed by atoms with Crippen LogP contribution in [-0.2, 0) is 9.59 Å². The van der Waals surface area contributed by atoms with Gasteiger partial charge in [-0.2, -0.15) is 0 Å². The monoisotopic (exact) mass is 357 g/mol. The quantitative estimate of drug-likeness (QED) is 0.679. The van der Waals surface area contributed by atoms with Crippen molar-refractivity contribution in [3.8, 4) is 0 Å². The van der Waals surface area contributed by atoms with Crippen molar-refractivity contribution in [2.24, 2.45) is 0 Å². The molecule has 7 heteroatoms. The standard InChI is InChI=1S/C19H20FN3O3/c20-19(8-6-14(7-9-19)13-4-2-1-3-5-13)10-11-21-16(24)12-15-17(25)23-18(26)22-15/h1-8,15H,9-12H2,(H,21,24)(H2,22,23,25,26). The summed E-state index contributed by atoms with van der Waals surface area (Å²) in [6, 6.07) is 8.27. The molecule has 0 spiro atoms. The topological polar surface area (TPSA) is 87.3 Å². The van der Waals surface area contributed by atoms with Crippen molar-refractivity contribution in [1.29, 1.82) is 0 Å². The van der Waals surface area contributed by atoms with Gasteiger partial charge in [0.2, 0.25) is 5.91 Å². The number of urea groups is 1. The first-order chi connectivity index (χ1) is 12.5. The van der Waals surface area contributed by atoms with Crippen LogP contribution < -0.4 is 16.0 Å². The third kappa shape index (κ3) is 4.36. The summed E-state index contributed by atoms with van der Waals surface area (Å²) < 4.78 is 14.8. The van der Waals surface area contributed by atoms with Crippen LogP contribution in [0.2, 0.25) is 0 Å². The normalized spacial score (nSPS) is 24.7. The molecular weight excluding hydrogens is 337 g/mol. The fraction of sp³-hybridized carbons (Fsp3) is 0.316. The third-order valence-electron chi connectivity index (χ3n) is 4.44. The van der Waals surface area contributed by atoms with Crippen molar-refractivity contribution < 1.29 is 18.8 Å². The number of allylic oxidation sites excluding steroid dienone is 4. The molecule has 2 unspecified atom stereocenters. The van der Waals surface area contributed by atoms with Crippen LogP contribution in [0.25, 0.3) is 5.57 Å². The van der Waals surface area contributed by atoms with Gasteiger partial charge in [-0.3, -0.25) is 14.9 Å². The zero-order chi connectivity index (χ0) is 18.6. The van der Waals surface area contributed by atoms with E-state index in [-0.39, 0.29) is 25.8 Å². The van der Waals surface area contributed by atoms with Crippen LogP contribution in [0.5, 0.6) is 0 Å². The molecule has 1 fully saturated rings. The van der Waals surface area contributed by atoms with E-state index in [4.69, 9.17) is 0 Å². The molecule has 4 amide bonds. The van der Waals surface area contributed by atoms with Gasteiger partial charge in [0.1, 0.15) is 11.7 Å². The fourth-order valence-corrected chi connectivity index (χ4v) is 2.95. The summed E-state index contributed by atoms with van der Waals surface area (Å²) in [7, 11) is 0. The molecule has 1 aromatic rings. The van der Waals surface area contributed by atoms with E-state index < -0.39 is 29.6 Å². The second-order valence-corrected chi connectivity index (χ2v) is 6.42. The number of amides is 4. The summed E-state index contributed by atoms with van der Waals surface area (Å²) >= 11 is 0. The van der Waals surface area contributed by atoms with E-state index in [2.05, 4.69) is 16.0 Å². The third-order valence-corrected chi connectivity index (χ3v) is 4.44. The van der Waals surface area contributed by atoms with Gasteiger partial charge in [-0.25, -0.2) is 9.18 Å². The van der Waals surface area contributed by atoms with Crippen molar-refractivity contribution in [3.63, 3.8) is 0 Å². The minimum atomic E-state index is -1.51. The highest BCUT2D eigenvalue weighted by atomic mass is 19.1. The zero-order valence-electron chi connectivity index (χ0n) is 14.1. The SMILES string of the molecule is O=C(CC1NC(=O)NC1=O)NCCC1(F)C=CC(c2ccccc2)=CC1. The average Bonchev–Trinajstić information content (AvgIpc) is 2.93. The van der Waals surface area contributed by atoms with Crippen molar-refractivity contribution >= 4 is 23.4 Å². The molecule has 0 saturated carbocycles. The van der Waals surface area contributed by atoms with Crippen molar-refractivity contribution in [2.45, 2.75) is 31.0 Å². The average molecular weight is 357 g/mol. The van der Waals surface area contributed by atoms with Gasteiger partial charge in [-0.1, -0.05) is 42.5 Å². The Morgan fingerprint density at radius 2 is 2.04 bits per heavy atom. The van der Waals surface area contributed by atoms with Crippen LogP contribution in [0.4, 0.5) is 9.18 Å². The van der Waals surface area contributed by atoms with Gasteiger partial charge in [-0.15, -0.1) is 0 Å². The highest BCUT2D eigenvalue weighted by Gasteiger charge is 2.32. The molecule has 1 heterocycles. The Morgan fingerprint density at radius 1 is 1.27 bits per heavy atom. The molecule has 136 valence electrons. The second-order valence-electron chi connectivity index (χ2n) is 6.42. The second kappa shape index (κ2) is 7.51. The maximum atomic E-state index is 14.8. The predicted molar refractivity (Wildman–Crippen MR) is 94.7 cm³/mol. The number of halogens is 1. The van der Waals surface area contributed by atoms with Gasteiger partial charge in [0.15, 0.2) is 0 Å². The van der Waals surface area contributed by atoms with Gasteiger partial charge in [-0.05, 0) is 17.2 Å². The van der Waals surface area contributed by atoms with Crippen molar-refractivity contribution in [2.75, 3.05) is 6.54 Å². The van der Waals surface area contributed by atoms with E-state index in [9.17, 15) is 18.8 Å².